The molecule has 1 atom stereocenters. The SMILES string of the molecule is CCCNC1C(=O)Nc2cc(OC3CCC3)c(Br)cc21. The van der Waals surface area contributed by atoms with Crippen LogP contribution >= 0.6 is 15.9 Å². The highest BCUT2D eigenvalue weighted by Gasteiger charge is 2.31. The summed E-state index contributed by atoms with van der Waals surface area (Å²) < 4.78 is 6.86. The normalized spacial score (nSPS) is 21.3. The Morgan fingerprint density at radius 2 is 2.25 bits per heavy atom. The molecule has 0 spiro atoms. The maximum atomic E-state index is 12.0. The van der Waals surface area contributed by atoms with Crippen molar-refractivity contribution in [2.24, 2.45) is 0 Å². The zero-order valence-corrected chi connectivity index (χ0v) is 13.1. The van der Waals surface area contributed by atoms with Crippen LogP contribution in [0.1, 0.15) is 44.2 Å². The van der Waals surface area contributed by atoms with Gasteiger partial charge < -0.3 is 15.4 Å². The fourth-order valence-electron chi connectivity index (χ4n) is 2.51. The molecule has 3 rings (SSSR count). The van der Waals surface area contributed by atoms with Crippen molar-refractivity contribution in [3.05, 3.63) is 22.2 Å². The standard InChI is InChI=1S/C15H19BrN2O2/c1-2-6-17-14-10-7-11(16)13(20-9-4-3-5-9)8-12(10)18-15(14)19/h7-9,14,17H,2-6H2,1H3,(H,18,19). The molecule has 4 nitrogen and oxygen atoms in total. The minimum atomic E-state index is -0.251. The largest absolute Gasteiger partial charge is 0.489 e. The molecule has 2 N–H and O–H groups in total. The molecule has 0 aromatic heterocycles. The van der Waals surface area contributed by atoms with Gasteiger partial charge in [-0.1, -0.05) is 6.92 Å². The Balaban J connectivity index is 1.82. The molecule has 0 radical (unpaired) electrons. The molecule has 1 fully saturated rings. The molecule has 5 heteroatoms. The second-order valence-electron chi connectivity index (χ2n) is 5.42. The zero-order valence-electron chi connectivity index (χ0n) is 11.5. The first-order chi connectivity index (χ1) is 9.69. The number of ether oxygens (including phenoxy) is 1. The van der Waals surface area contributed by atoms with Crippen LogP contribution in [0, 0.1) is 0 Å². The molecule has 108 valence electrons. The van der Waals surface area contributed by atoms with Crippen LogP contribution in [0.3, 0.4) is 0 Å². The minimum absolute atomic E-state index is 0.0149. The Bertz CT molecular complexity index is 529. The van der Waals surface area contributed by atoms with Gasteiger partial charge in [0, 0.05) is 17.3 Å². The van der Waals surface area contributed by atoms with Crippen LogP contribution < -0.4 is 15.4 Å². The van der Waals surface area contributed by atoms with E-state index in [0.717, 1.165) is 47.3 Å². The third kappa shape index (κ3) is 2.56. The number of rotatable bonds is 5. The third-order valence-electron chi connectivity index (χ3n) is 3.88. The van der Waals surface area contributed by atoms with E-state index in [4.69, 9.17) is 4.74 Å². The van der Waals surface area contributed by atoms with Gasteiger partial charge in [-0.2, -0.15) is 0 Å². The van der Waals surface area contributed by atoms with Crippen LogP contribution in [0.4, 0.5) is 5.69 Å². The second-order valence-corrected chi connectivity index (χ2v) is 6.27. The topological polar surface area (TPSA) is 50.4 Å². The molecule has 0 bridgehead atoms. The summed E-state index contributed by atoms with van der Waals surface area (Å²) in [5, 5.41) is 6.20. The molecule has 0 saturated heterocycles. The summed E-state index contributed by atoms with van der Waals surface area (Å²) in [4.78, 5) is 12.0. The lowest BCUT2D eigenvalue weighted by Crippen LogP contribution is -2.28. The van der Waals surface area contributed by atoms with Crippen LogP contribution in [0.15, 0.2) is 16.6 Å². The number of fused-ring (bicyclic) bond motifs is 1. The summed E-state index contributed by atoms with van der Waals surface area (Å²) >= 11 is 3.56. The van der Waals surface area contributed by atoms with E-state index in [1.807, 2.05) is 12.1 Å². The number of carbonyl (C=O) groups excluding carboxylic acids is 1. The van der Waals surface area contributed by atoms with E-state index >= 15 is 0 Å². The summed E-state index contributed by atoms with van der Waals surface area (Å²) in [7, 11) is 0. The molecule has 1 saturated carbocycles. The van der Waals surface area contributed by atoms with E-state index in [2.05, 4.69) is 33.5 Å². The summed E-state index contributed by atoms with van der Waals surface area (Å²) in [6, 6.07) is 3.68. The smallest absolute Gasteiger partial charge is 0.246 e. The van der Waals surface area contributed by atoms with E-state index < -0.39 is 0 Å². The van der Waals surface area contributed by atoms with Crippen molar-refractivity contribution >= 4 is 27.5 Å². The number of anilines is 1. The minimum Gasteiger partial charge on any atom is -0.489 e. The Morgan fingerprint density at radius 3 is 2.90 bits per heavy atom. The van der Waals surface area contributed by atoms with Crippen LogP contribution in [0.5, 0.6) is 5.75 Å². The predicted molar refractivity (Wildman–Crippen MR) is 82.1 cm³/mol. The van der Waals surface area contributed by atoms with Gasteiger partial charge in [0.1, 0.15) is 11.8 Å². The highest BCUT2D eigenvalue weighted by molar-refractivity contribution is 9.10. The van der Waals surface area contributed by atoms with E-state index in [1.54, 1.807) is 0 Å². The Labute approximate surface area is 127 Å². The van der Waals surface area contributed by atoms with Gasteiger partial charge in [0.25, 0.3) is 0 Å². The van der Waals surface area contributed by atoms with Gasteiger partial charge in [0.15, 0.2) is 0 Å². The van der Waals surface area contributed by atoms with Crippen LogP contribution in [0.2, 0.25) is 0 Å². The first-order valence-electron chi connectivity index (χ1n) is 7.23. The summed E-state index contributed by atoms with van der Waals surface area (Å²) in [6.07, 6.45) is 4.82. The van der Waals surface area contributed by atoms with Crippen LogP contribution in [-0.4, -0.2) is 18.6 Å². The lowest BCUT2D eigenvalue weighted by atomic mass is 9.96. The molecule has 20 heavy (non-hydrogen) atoms. The Morgan fingerprint density at radius 1 is 1.45 bits per heavy atom. The number of halogens is 1. The van der Waals surface area contributed by atoms with Crippen molar-refractivity contribution in [1.82, 2.24) is 5.32 Å². The first kappa shape index (κ1) is 13.9. The maximum absolute atomic E-state index is 12.0. The first-order valence-corrected chi connectivity index (χ1v) is 8.02. The fourth-order valence-corrected chi connectivity index (χ4v) is 2.97. The average Bonchev–Trinajstić information content (AvgIpc) is 2.66. The van der Waals surface area contributed by atoms with Crippen LogP contribution in [-0.2, 0) is 4.79 Å². The van der Waals surface area contributed by atoms with Crippen molar-refractivity contribution in [2.45, 2.75) is 44.8 Å². The molecule has 1 aromatic carbocycles. The highest BCUT2D eigenvalue weighted by atomic mass is 79.9. The summed E-state index contributed by atoms with van der Waals surface area (Å²) in [6.45, 7) is 2.92. The molecule has 1 amide bonds. The number of benzene rings is 1. The van der Waals surface area contributed by atoms with E-state index in [-0.39, 0.29) is 11.9 Å². The number of hydrogen-bond donors (Lipinski definition) is 2. The summed E-state index contributed by atoms with van der Waals surface area (Å²) in [5.41, 5.74) is 1.86. The number of carbonyl (C=O) groups is 1. The number of amides is 1. The van der Waals surface area contributed by atoms with Gasteiger partial charge in [-0.25, -0.2) is 0 Å². The van der Waals surface area contributed by atoms with Gasteiger partial charge in [-0.3, -0.25) is 4.79 Å². The molecule has 1 aliphatic carbocycles. The number of nitrogens with one attached hydrogen (secondary N) is 2. The molecule has 1 aromatic rings. The quantitative estimate of drug-likeness (QED) is 0.865. The monoisotopic (exact) mass is 338 g/mol. The van der Waals surface area contributed by atoms with Gasteiger partial charge in [-0.05, 0) is 54.2 Å². The third-order valence-corrected chi connectivity index (χ3v) is 4.50. The zero-order chi connectivity index (χ0) is 14.1. The van der Waals surface area contributed by atoms with Gasteiger partial charge in [-0.15, -0.1) is 0 Å². The van der Waals surface area contributed by atoms with Crippen molar-refractivity contribution in [2.75, 3.05) is 11.9 Å². The molecular weight excluding hydrogens is 320 g/mol. The summed E-state index contributed by atoms with van der Waals surface area (Å²) in [5.74, 6) is 0.839. The van der Waals surface area contributed by atoms with Gasteiger partial charge >= 0.3 is 0 Å². The predicted octanol–water partition coefficient (Wildman–Crippen LogP) is 3.37. The second kappa shape index (κ2) is 5.74. The maximum Gasteiger partial charge on any atom is 0.246 e. The van der Waals surface area contributed by atoms with E-state index in [9.17, 15) is 4.79 Å². The Kier molecular flexibility index (Phi) is 3.98. The molecule has 1 unspecified atom stereocenters. The molecule has 2 aliphatic rings. The molecule has 1 aliphatic heterocycles. The lowest BCUT2D eigenvalue weighted by molar-refractivity contribution is -0.117. The van der Waals surface area contributed by atoms with Gasteiger partial charge in [0.2, 0.25) is 5.91 Å². The van der Waals surface area contributed by atoms with Crippen LogP contribution in [0.25, 0.3) is 0 Å². The molecular formula is C15H19BrN2O2. The van der Waals surface area contributed by atoms with E-state index in [0.29, 0.717) is 6.10 Å². The van der Waals surface area contributed by atoms with Crippen molar-refractivity contribution in [1.29, 1.82) is 0 Å². The van der Waals surface area contributed by atoms with Crippen molar-refractivity contribution in [3.63, 3.8) is 0 Å². The van der Waals surface area contributed by atoms with Gasteiger partial charge in [0.05, 0.1) is 10.6 Å². The van der Waals surface area contributed by atoms with Crippen molar-refractivity contribution < 1.29 is 9.53 Å². The average molecular weight is 339 g/mol. The van der Waals surface area contributed by atoms with Crippen molar-refractivity contribution in [3.8, 4) is 5.75 Å². The fraction of sp³-hybridized carbons (Fsp3) is 0.533. The van der Waals surface area contributed by atoms with E-state index in [1.165, 1.54) is 6.42 Å². The molecule has 1 heterocycles. The lowest BCUT2D eigenvalue weighted by Gasteiger charge is -2.27. The Hall–Kier alpha value is -1.07. The highest BCUT2D eigenvalue weighted by Crippen LogP contribution is 2.40. The number of hydrogen-bond acceptors (Lipinski definition) is 3.